The standard InChI is InChI=1S/C9H10FNO/c10-9-5-7(11)6-3-1-2-4-8(6)12-9/h1-4,7,9H,5,11H2. The van der Waals surface area contributed by atoms with E-state index in [1.54, 1.807) is 6.07 Å². The van der Waals surface area contributed by atoms with Gasteiger partial charge in [0, 0.05) is 18.0 Å². The second-order valence-corrected chi connectivity index (χ2v) is 2.91. The Morgan fingerprint density at radius 2 is 2.17 bits per heavy atom. The summed E-state index contributed by atoms with van der Waals surface area (Å²) in [6.07, 6.45) is -1.01. The summed E-state index contributed by atoms with van der Waals surface area (Å²) in [6, 6.07) is 7.06. The van der Waals surface area contributed by atoms with Gasteiger partial charge in [-0.3, -0.25) is 0 Å². The fourth-order valence-corrected chi connectivity index (χ4v) is 1.41. The first-order chi connectivity index (χ1) is 5.77. The Kier molecular flexibility index (Phi) is 1.73. The Morgan fingerprint density at radius 3 is 3.00 bits per heavy atom. The molecule has 3 heteroatoms. The van der Waals surface area contributed by atoms with Crippen LogP contribution < -0.4 is 10.5 Å². The normalized spacial score (nSPS) is 27.5. The lowest BCUT2D eigenvalue weighted by Gasteiger charge is -2.25. The molecular formula is C9H10FNO. The van der Waals surface area contributed by atoms with Gasteiger partial charge >= 0.3 is 0 Å². The molecular weight excluding hydrogens is 157 g/mol. The zero-order valence-corrected chi connectivity index (χ0v) is 6.53. The van der Waals surface area contributed by atoms with Crippen LogP contribution in [0.3, 0.4) is 0 Å². The number of nitrogens with two attached hydrogens (primary N) is 1. The first-order valence-corrected chi connectivity index (χ1v) is 3.92. The van der Waals surface area contributed by atoms with Crippen LogP contribution >= 0.6 is 0 Å². The van der Waals surface area contributed by atoms with Crippen molar-refractivity contribution >= 4 is 0 Å². The molecule has 2 unspecified atom stereocenters. The van der Waals surface area contributed by atoms with Crippen LogP contribution in [0, 0.1) is 0 Å². The van der Waals surface area contributed by atoms with E-state index in [-0.39, 0.29) is 12.5 Å². The van der Waals surface area contributed by atoms with E-state index in [4.69, 9.17) is 10.5 Å². The largest absolute Gasteiger partial charge is 0.460 e. The van der Waals surface area contributed by atoms with Crippen molar-refractivity contribution < 1.29 is 9.13 Å². The summed E-state index contributed by atoms with van der Waals surface area (Å²) in [4.78, 5) is 0. The molecule has 0 fully saturated rings. The predicted octanol–water partition coefficient (Wildman–Crippen LogP) is 1.76. The Balaban J connectivity index is 2.40. The molecule has 1 heterocycles. The van der Waals surface area contributed by atoms with Crippen LogP contribution in [0.4, 0.5) is 4.39 Å². The lowest BCUT2D eigenvalue weighted by atomic mass is 10.0. The van der Waals surface area contributed by atoms with Crippen molar-refractivity contribution in [2.45, 2.75) is 18.8 Å². The molecule has 0 aromatic heterocycles. The number of para-hydroxylation sites is 1. The van der Waals surface area contributed by atoms with E-state index in [1.165, 1.54) is 0 Å². The van der Waals surface area contributed by atoms with E-state index in [1.807, 2.05) is 18.2 Å². The fourth-order valence-electron chi connectivity index (χ4n) is 1.41. The van der Waals surface area contributed by atoms with Gasteiger partial charge in [0.25, 0.3) is 0 Å². The summed E-state index contributed by atoms with van der Waals surface area (Å²) in [5.41, 5.74) is 6.61. The van der Waals surface area contributed by atoms with E-state index in [0.717, 1.165) is 5.56 Å². The summed E-state index contributed by atoms with van der Waals surface area (Å²) >= 11 is 0. The van der Waals surface area contributed by atoms with E-state index >= 15 is 0 Å². The summed E-state index contributed by atoms with van der Waals surface area (Å²) in [5, 5.41) is 0. The van der Waals surface area contributed by atoms with Gasteiger partial charge in [-0.15, -0.1) is 0 Å². The number of hydrogen-bond donors (Lipinski definition) is 1. The Labute approximate surface area is 70.1 Å². The number of rotatable bonds is 0. The molecule has 64 valence electrons. The lowest BCUT2D eigenvalue weighted by molar-refractivity contribution is 0.0383. The number of halogens is 1. The van der Waals surface area contributed by atoms with Gasteiger partial charge in [-0.2, -0.15) is 0 Å². The second kappa shape index (κ2) is 2.75. The monoisotopic (exact) mass is 167 g/mol. The Hall–Kier alpha value is -1.09. The van der Waals surface area contributed by atoms with E-state index in [0.29, 0.717) is 5.75 Å². The number of fused-ring (bicyclic) bond motifs is 1. The van der Waals surface area contributed by atoms with Crippen molar-refractivity contribution in [3.8, 4) is 5.75 Å². The van der Waals surface area contributed by atoms with Crippen LogP contribution in [0.1, 0.15) is 18.0 Å². The topological polar surface area (TPSA) is 35.2 Å². The van der Waals surface area contributed by atoms with Crippen LogP contribution in [0.25, 0.3) is 0 Å². The van der Waals surface area contributed by atoms with Crippen LogP contribution in [0.2, 0.25) is 0 Å². The third-order valence-corrected chi connectivity index (χ3v) is 2.01. The van der Waals surface area contributed by atoms with Gasteiger partial charge < -0.3 is 10.5 Å². The second-order valence-electron chi connectivity index (χ2n) is 2.91. The highest BCUT2D eigenvalue weighted by Gasteiger charge is 2.24. The molecule has 12 heavy (non-hydrogen) atoms. The molecule has 1 aromatic rings. The van der Waals surface area contributed by atoms with Gasteiger partial charge in [-0.25, -0.2) is 4.39 Å². The predicted molar refractivity (Wildman–Crippen MR) is 43.5 cm³/mol. The molecule has 0 saturated heterocycles. The van der Waals surface area contributed by atoms with Crippen LogP contribution in [-0.2, 0) is 0 Å². The maximum atomic E-state index is 12.8. The number of hydrogen-bond acceptors (Lipinski definition) is 2. The summed E-state index contributed by atoms with van der Waals surface area (Å²) in [7, 11) is 0. The number of ether oxygens (including phenoxy) is 1. The maximum absolute atomic E-state index is 12.8. The van der Waals surface area contributed by atoms with Gasteiger partial charge in [-0.1, -0.05) is 18.2 Å². The Morgan fingerprint density at radius 1 is 1.42 bits per heavy atom. The molecule has 1 aliphatic rings. The first-order valence-electron chi connectivity index (χ1n) is 3.92. The highest BCUT2D eigenvalue weighted by molar-refractivity contribution is 5.37. The minimum absolute atomic E-state index is 0.232. The smallest absolute Gasteiger partial charge is 0.240 e. The minimum Gasteiger partial charge on any atom is -0.460 e. The highest BCUT2D eigenvalue weighted by atomic mass is 19.1. The SMILES string of the molecule is NC1CC(F)Oc2ccccc21. The van der Waals surface area contributed by atoms with Gasteiger partial charge in [0.15, 0.2) is 0 Å². The molecule has 1 aromatic carbocycles. The summed E-state index contributed by atoms with van der Waals surface area (Å²) < 4.78 is 17.8. The molecule has 0 saturated carbocycles. The third kappa shape index (κ3) is 1.16. The molecule has 0 bridgehead atoms. The number of benzene rings is 1. The molecule has 0 spiro atoms. The molecule has 2 N–H and O–H groups in total. The summed E-state index contributed by atoms with van der Waals surface area (Å²) in [5.74, 6) is 0.573. The Bertz CT molecular complexity index is 290. The highest BCUT2D eigenvalue weighted by Crippen LogP contribution is 2.32. The summed E-state index contributed by atoms with van der Waals surface area (Å²) in [6.45, 7) is 0. The molecule has 2 rings (SSSR count). The van der Waals surface area contributed by atoms with Crippen molar-refractivity contribution in [2.75, 3.05) is 0 Å². The van der Waals surface area contributed by atoms with E-state index < -0.39 is 6.36 Å². The van der Waals surface area contributed by atoms with Crippen LogP contribution in [0.15, 0.2) is 24.3 Å². The van der Waals surface area contributed by atoms with Gasteiger partial charge in [-0.05, 0) is 6.07 Å². The number of alkyl halides is 1. The zero-order chi connectivity index (χ0) is 8.55. The maximum Gasteiger partial charge on any atom is 0.240 e. The molecule has 2 nitrogen and oxygen atoms in total. The third-order valence-electron chi connectivity index (χ3n) is 2.01. The molecule has 0 radical (unpaired) electrons. The lowest BCUT2D eigenvalue weighted by Crippen LogP contribution is -2.26. The average molecular weight is 167 g/mol. The molecule has 2 atom stereocenters. The van der Waals surface area contributed by atoms with Crippen molar-refractivity contribution in [3.63, 3.8) is 0 Å². The molecule has 0 amide bonds. The van der Waals surface area contributed by atoms with E-state index in [9.17, 15) is 4.39 Å². The quantitative estimate of drug-likeness (QED) is 0.639. The first kappa shape index (κ1) is 7.55. The average Bonchev–Trinajstić information content (AvgIpc) is 2.04. The van der Waals surface area contributed by atoms with E-state index in [2.05, 4.69) is 0 Å². The van der Waals surface area contributed by atoms with Crippen molar-refractivity contribution in [1.29, 1.82) is 0 Å². The minimum atomic E-state index is -1.25. The van der Waals surface area contributed by atoms with Crippen LogP contribution in [0.5, 0.6) is 5.75 Å². The fraction of sp³-hybridized carbons (Fsp3) is 0.333. The van der Waals surface area contributed by atoms with Crippen LogP contribution in [-0.4, -0.2) is 6.36 Å². The zero-order valence-electron chi connectivity index (χ0n) is 6.53. The van der Waals surface area contributed by atoms with Gasteiger partial charge in [0.05, 0.1) is 0 Å². The molecule has 0 aliphatic carbocycles. The molecule has 1 aliphatic heterocycles. The van der Waals surface area contributed by atoms with Gasteiger partial charge in [0.1, 0.15) is 5.75 Å². The van der Waals surface area contributed by atoms with Gasteiger partial charge in [0.2, 0.25) is 6.36 Å². The van der Waals surface area contributed by atoms with Crippen molar-refractivity contribution in [1.82, 2.24) is 0 Å². The van der Waals surface area contributed by atoms with Crippen molar-refractivity contribution in [3.05, 3.63) is 29.8 Å². The van der Waals surface area contributed by atoms with Crippen molar-refractivity contribution in [2.24, 2.45) is 5.73 Å².